The third kappa shape index (κ3) is 5.14. The fourth-order valence-corrected chi connectivity index (χ4v) is 2.30. The van der Waals surface area contributed by atoms with Gasteiger partial charge in [-0.2, -0.15) is 5.10 Å². The van der Waals surface area contributed by atoms with Crippen molar-refractivity contribution in [2.24, 2.45) is 5.73 Å². The molecule has 1 atom stereocenters. The Hall–Kier alpha value is -2.83. The van der Waals surface area contributed by atoms with Gasteiger partial charge in [0.05, 0.1) is 17.9 Å². The Morgan fingerprint density at radius 1 is 1.30 bits per heavy atom. The van der Waals surface area contributed by atoms with Crippen LogP contribution in [-0.4, -0.2) is 21.7 Å². The molecular weight excluding hydrogens is 294 g/mol. The van der Waals surface area contributed by atoms with E-state index < -0.39 is 5.91 Å². The van der Waals surface area contributed by atoms with Gasteiger partial charge >= 0.3 is 6.03 Å². The van der Waals surface area contributed by atoms with Gasteiger partial charge in [0, 0.05) is 6.20 Å². The first kappa shape index (κ1) is 16.5. The molecule has 23 heavy (non-hydrogen) atoms. The fraction of sp³-hybridized carbons (Fsp3) is 0.312. The Labute approximate surface area is 134 Å². The predicted octanol–water partition coefficient (Wildman–Crippen LogP) is 2.03. The molecule has 1 aromatic heterocycles. The number of primary amides is 1. The zero-order valence-electron chi connectivity index (χ0n) is 13.0. The molecule has 0 fully saturated rings. The molecule has 122 valence electrons. The van der Waals surface area contributed by atoms with Crippen LogP contribution in [-0.2, 0) is 11.3 Å². The minimum absolute atomic E-state index is 0.0220. The van der Waals surface area contributed by atoms with Crippen LogP contribution in [0.2, 0.25) is 0 Å². The van der Waals surface area contributed by atoms with Crippen LogP contribution in [0.5, 0.6) is 0 Å². The van der Waals surface area contributed by atoms with Gasteiger partial charge in [-0.25, -0.2) is 4.79 Å². The van der Waals surface area contributed by atoms with Crippen molar-refractivity contribution in [1.29, 1.82) is 0 Å². The standard InChI is InChI=1S/C16H21N5O2/c1-2-6-14(12-7-4-3-5-8-12)20-16(23)19-13-9-18-21(10-13)11-15(17)22/h3-5,7-10,14H,2,6,11H2,1H3,(H2,17,22)(H2,19,20,23)/t14-/m1/s1. The Bertz CT molecular complexity index is 654. The van der Waals surface area contributed by atoms with Gasteiger partial charge < -0.3 is 16.4 Å². The second kappa shape index (κ2) is 7.98. The average molecular weight is 315 g/mol. The van der Waals surface area contributed by atoms with E-state index in [9.17, 15) is 9.59 Å². The van der Waals surface area contributed by atoms with E-state index in [0.29, 0.717) is 5.69 Å². The van der Waals surface area contributed by atoms with Crippen LogP contribution in [0.15, 0.2) is 42.7 Å². The van der Waals surface area contributed by atoms with E-state index in [2.05, 4.69) is 22.7 Å². The first-order valence-electron chi connectivity index (χ1n) is 7.51. The molecule has 0 unspecified atom stereocenters. The molecule has 0 bridgehead atoms. The fourth-order valence-electron chi connectivity index (χ4n) is 2.30. The quantitative estimate of drug-likeness (QED) is 0.728. The highest BCUT2D eigenvalue weighted by atomic mass is 16.2. The van der Waals surface area contributed by atoms with Gasteiger partial charge in [-0.05, 0) is 12.0 Å². The Kier molecular flexibility index (Phi) is 5.74. The van der Waals surface area contributed by atoms with Gasteiger partial charge in [-0.1, -0.05) is 43.7 Å². The molecule has 0 aliphatic heterocycles. The molecular formula is C16H21N5O2. The lowest BCUT2D eigenvalue weighted by atomic mass is 10.0. The maximum Gasteiger partial charge on any atom is 0.319 e. The van der Waals surface area contributed by atoms with Crippen LogP contribution in [0, 0.1) is 0 Å². The third-order valence-electron chi connectivity index (χ3n) is 3.29. The summed E-state index contributed by atoms with van der Waals surface area (Å²) < 4.78 is 1.37. The van der Waals surface area contributed by atoms with Crippen molar-refractivity contribution in [3.8, 4) is 0 Å². The normalized spacial score (nSPS) is 11.7. The van der Waals surface area contributed by atoms with E-state index in [-0.39, 0.29) is 18.6 Å². The summed E-state index contributed by atoms with van der Waals surface area (Å²) in [6, 6.07) is 9.46. The largest absolute Gasteiger partial charge is 0.368 e. The predicted molar refractivity (Wildman–Crippen MR) is 87.7 cm³/mol. The lowest BCUT2D eigenvalue weighted by Crippen LogP contribution is -2.32. The zero-order chi connectivity index (χ0) is 16.7. The molecule has 0 radical (unpaired) electrons. The number of nitrogens with two attached hydrogens (primary N) is 1. The second-order valence-electron chi connectivity index (χ2n) is 5.24. The van der Waals surface area contributed by atoms with Crippen LogP contribution in [0.25, 0.3) is 0 Å². The maximum atomic E-state index is 12.2. The Balaban J connectivity index is 1.96. The van der Waals surface area contributed by atoms with Crippen LogP contribution >= 0.6 is 0 Å². The number of anilines is 1. The number of urea groups is 1. The van der Waals surface area contributed by atoms with E-state index in [1.807, 2.05) is 30.3 Å². The topological polar surface area (TPSA) is 102 Å². The summed E-state index contributed by atoms with van der Waals surface area (Å²) >= 11 is 0. The SMILES string of the molecule is CCC[C@@H](NC(=O)Nc1cnn(CC(N)=O)c1)c1ccccc1. The number of carbonyl (C=O) groups excluding carboxylic acids is 2. The average Bonchev–Trinajstić information content (AvgIpc) is 2.93. The molecule has 0 aliphatic rings. The molecule has 2 rings (SSSR count). The second-order valence-corrected chi connectivity index (χ2v) is 5.24. The van der Waals surface area contributed by atoms with Crippen molar-refractivity contribution in [2.45, 2.75) is 32.4 Å². The first-order valence-corrected chi connectivity index (χ1v) is 7.51. The van der Waals surface area contributed by atoms with Crippen LogP contribution in [0.4, 0.5) is 10.5 Å². The summed E-state index contributed by atoms with van der Waals surface area (Å²) in [6.45, 7) is 2.05. The van der Waals surface area contributed by atoms with Gasteiger partial charge in [0.25, 0.3) is 0 Å². The van der Waals surface area contributed by atoms with Gasteiger partial charge in [0.1, 0.15) is 6.54 Å². The number of aromatic nitrogens is 2. The number of hydrogen-bond donors (Lipinski definition) is 3. The Morgan fingerprint density at radius 2 is 2.04 bits per heavy atom. The molecule has 1 heterocycles. The summed E-state index contributed by atoms with van der Waals surface area (Å²) in [6.07, 6.45) is 4.83. The van der Waals surface area contributed by atoms with Crippen LogP contribution in [0.3, 0.4) is 0 Å². The summed E-state index contributed by atoms with van der Waals surface area (Å²) in [7, 11) is 0. The lowest BCUT2D eigenvalue weighted by molar-refractivity contribution is -0.118. The molecule has 0 saturated heterocycles. The number of rotatable bonds is 7. The monoisotopic (exact) mass is 315 g/mol. The van der Waals surface area contributed by atoms with Gasteiger partial charge in [0.2, 0.25) is 5.91 Å². The highest BCUT2D eigenvalue weighted by Crippen LogP contribution is 2.18. The lowest BCUT2D eigenvalue weighted by Gasteiger charge is -2.18. The first-order chi connectivity index (χ1) is 11.1. The van der Waals surface area contributed by atoms with Gasteiger partial charge in [0.15, 0.2) is 0 Å². The molecule has 4 N–H and O–H groups in total. The molecule has 2 aromatic rings. The summed E-state index contributed by atoms with van der Waals surface area (Å²) in [5.41, 5.74) is 6.67. The van der Waals surface area contributed by atoms with Crippen molar-refractivity contribution in [1.82, 2.24) is 15.1 Å². The van der Waals surface area contributed by atoms with Crippen molar-refractivity contribution < 1.29 is 9.59 Å². The van der Waals surface area contributed by atoms with Gasteiger partial charge in [-0.3, -0.25) is 9.48 Å². The van der Waals surface area contributed by atoms with E-state index in [0.717, 1.165) is 18.4 Å². The number of nitrogens with zero attached hydrogens (tertiary/aromatic N) is 2. The third-order valence-corrected chi connectivity index (χ3v) is 3.29. The smallest absolute Gasteiger partial charge is 0.319 e. The minimum Gasteiger partial charge on any atom is -0.368 e. The Morgan fingerprint density at radius 3 is 2.70 bits per heavy atom. The number of carbonyl (C=O) groups is 2. The molecule has 1 aromatic carbocycles. The van der Waals surface area contributed by atoms with Crippen molar-refractivity contribution in [3.05, 3.63) is 48.3 Å². The summed E-state index contributed by atoms with van der Waals surface area (Å²) in [5.74, 6) is -0.490. The molecule has 0 saturated carbocycles. The van der Waals surface area contributed by atoms with Crippen molar-refractivity contribution >= 4 is 17.6 Å². The highest BCUT2D eigenvalue weighted by molar-refractivity contribution is 5.89. The zero-order valence-corrected chi connectivity index (χ0v) is 13.0. The highest BCUT2D eigenvalue weighted by Gasteiger charge is 2.14. The van der Waals surface area contributed by atoms with E-state index in [1.54, 1.807) is 6.20 Å². The molecule has 0 spiro atoms. The maximum absolute atomic E-state index is 12.2. The number of nitrogens with one attached hydrogen (secondary N) is 2. The molecule has 0 aliphatic carbocycles. The number of amides is 3. The van der Waals surface area contributed by atoms with Gasteiger partial charge in [-0.15, -0.1) is 0 Å². The number of hydrogen-bond acceptors (Lipinski definition) is 3. The van der Waals surface area contributed by atoms with E-state index >= 15 is 0 Å². The number of benzene rings is 1. The van der Waals surface area contributed by atoms with Crippen LogP contribution in [0.1, 0.15) is 31.4 Å². The van der Waals surface area contributed by atoms with E-state index in [4.69, 9.17) is 5.73 Å². The van der Waals surface area contributed by atoms with Crippen molar-refractivity contribution in [2.75, 3.05) is 5.32 Å². The molecule has 7 nitrogen and oxygen atoms in total. The van der Waals surface area contributed by atoms with E-state index in [1.165, 1.54) is 10.9 Å². The summed E-state index contributed by atoms with van der Waals surface area (Å²) in [5, 5.41) is 9.62. The van der Waals surface area contributed by atoms with Crippen molar-refractivity contribution in [3.63, 3.8) is 0 Å². The molecule has 3 amide bonds. The molecule has 7 heteroatoms. The van der Waals surface area contributed by atoms with Crippen LogP contribution < -0.4 is 16.4 Å². The summed E-state index contributed by atoms with van der Waals surface area (Å²) in [4.78, 5) is 23.0. The minimum atomic E-state index is -0.490.